The first-order valence-electron chi connectivity index (χ1n) is 6.45. The van der Waals surface area contributed by atoms with Crippen molar-refractivity contribution in [3.63, 3.8) is 0 Å². The zero-order valence-electron chi connectivity index (χ0n) is 13.0. The summed E-state index contributed by atoms with van der Waals surface area (Å²) in [7, 11) is -11.1. The molecular formula is C10H16F6N3O4S2+. The number of unbranched alkanes of at least 4 members (excludes halogenated alkanes) is 1. The van der Waals surface area contributed by atoms with Crippen LogP contribution >= 0.6 is 0 Å². The molecule has 0 spiro atoms. The molecule has 0 amide bonds. The van der Waals surface area contributed by atoms with Crippen molar-refractivity contribution in [3.8, 4) is 0 Å². The van der Waals surface area contributed by atoms with Crippen LogP contribution < -0.4 is 8.69 Å². The Balaban J connectivity index is 0.000000496. The van der Waals surface area contributed by atoms with Crippen molar-refractivity contribution in [3.05, 3.63) is 18.7 Å². The maximum atomic E-state index is 11.5. The van der Waals surface area contributed by atoms with Crippen molar-refractivity contribution in [2.24, 2.45) is 7.05 Å². The second-order valence-corrected chi connectivity index (χ2v) is 8.26. The van der Waals surface area contributed by atoms with Crippen molar-refractivity contribution < 1.29 is 47.7 Å². The Labute approximate surface area is 140 Å². The maximum Gasteiger partial charge on any atom is 0.512 e. The molecule has 0 saturated carbocycles. The van der Waals surface area contributed by atoms with Crippen LogP contribution in [0.5, 0.6) is 0 Å². The minimum atomic E-state index is -6.60. The Morgan fingerprint density at radius 3 is 1.72 bits per heavy atom. The fourth-order valence-corrected chi connectivity index (χ4v) is 3.12. The van der Waals surface area contributed by atoms with E-state index in [1.54, 1.807) is 0 Å². The van der Waals surface area contributed by atoms with Gasteiger partial charge in [-0.05, 0) is 6.42 Å². The van der Waals surface area contributed by atoms with Crippen molar-refractivity contribution in [1.29, 1.82) is 0 Å². The van der Waals surface area contributed by atoms with Crippen LogP contribution in [0.25, 0.3) is 0 Å². The molecule has 15 heteroatoms. The predicted molar refractivity (Wildman–Crippen MR) is 73.6 cm³/mol. The first kappa shape index (κ1) is 23.6. The van der Waals surface area contributed by atoms with Crippen LogP contribution in [0, 0.1) is 0 Å². The molecule has 0 aliphatic carbocycles. The van der Waals surface area contributed by atoms with Gasteiger partial charge < -0.3 is 0 Å². The number of aromatic nitrogens is 2. The first-order chi connectivity index (χ1) is 11.0. The SMILES string of the molecule is CCCCn1cc[n+](C)c1.O=S(=O)(NS(=O)(=O)C(F)(F)F)C(F)(F)F. The molecule has 0 aliphatic heterocycles. The van der Waals surface area contributed by atoms with Crippen LogP contribution in [0.3, 0.4) is 0 Å². The number of rotatable bonds is 5. The van der Waals surface area contributed by atoms with Gasteiger partial charge in [0.2, 0.25) is 6.33 Å². The lowest BCUT2D eigenvalue weighted by Gasteiger charge is -2.11. The molecular weight excluding hydrogens is 404 g/mol. The van der Waals surface area contributed by atoms with E-state index in [9.17, 15) is 43.2 Å². The largest absolute Gasteiger partial charge is 0.512 e. The third-order valence-electron chi connectivity index (χ3n) is 2.42. The molecule has 0 aliphatic rings. The van der Waals surface area contributed by atoms with Crippen molar-refractivity contribution in [1.82, 2.24) is 8.69 Å². The van der Waals surface area contributed by atoms with E-state index in [0.717, 1.165) is 6.54 Å². The van der Waals surface area contributed by atoms with E-state index in [0.29, 0.717) is 0 Å². The van der Waals surface area contributed by atoms with Crippen LogP contribution in [0.15, 0.2) is 18.7 Å². The molecule has 1 aromatic heterocycles. The first-order valence-corrected chi connectivity index (χ1v) is 9.42. The molecule has 0 radical (unpaired) electrons. The van der Waals surface area contributed by atoms with Gasteiger partial charge in [0.25, 0.3) is 0 Å². The summed E-state index contributed by atoms with van der Waals surface area (Å²) in [6.07, 6.45) is 8.82. The summed E-state index contributed by atoms with van der Waals surface area (Å²) in [6.45, 7) is 3.36. The zero-order valence-corrected chi connectivity index (χ0v) is 14.6. The highest BCUT2D eigenvalue weighted by molar-refractivity contribution is 8.05. The fourth-order valence-electron chi connectivity index (χ4n) is 1.21. The minimum absolute atomic E-state index is 0.493. The van der Waals surface area contributed by atoms with Crippen LogP contribution in [-0.2, 0) is 33.6 Å². The number of hydrogen-bond donors (Lipinski definition) is 1. The van der Waals surface area contributed by atoms with Gasteiger partial charge in [-0.1, -0.05) is 17.5 Å². The topological polar surface area (TPSA) is 89.1 Å². The number of nitrogens with zero attached hydrogens (tertiary/aromatic N) is 2. The summed E-state index contributed by atoms with van der Waals surface area (Å²) in [5, 5.41) is 0. The molecule has 25 heavy (non-hydrogen) atoms. The van der Waals surface area contributed by atoms with Gasteiger partial charge in [0.05, 0.1) is 13.6 Å². The highest BCUT2D eigenvalue weighted by atomic mass is 32.3. The van der Waals surface area contributed by atoms with Crippen molar-refractivity contribution >= 4 is 20.0 Å². The third kappa shape index (κ3) is 7.60. The molecule has 0 aromatic carbocycles. The highest BCUT2D eigenvalue weighted by Crippen LogP contribution is 2.27. The molecule has 1 aromatic rings. The highest BCUT2D eigenvalue weighted by Gasteiger charge is 2.55. The Morgan fingerprint density at radius 2 is 1.44 bits per heavy atom. The molecule has 0 atom stereocenters. The van der Waals surface area contributed by atoms with Gasteiger partial charge in [-0.3, -0.25) is 0 Å². The average Bonchev–Trinajstić information content (AvgIpc) is 2.79. The molecule has 0 saturated heterocycles. The molecule has 0 bridgehead atoms. The molecule has 1 rings (SSSR count). The zero-order chi connectivity index (χ0) is 20.1. The Hall–Kier alpha value is -1.35. The average molecular weight is 420 g/mol. The van der Waals surface area contributed by atoms with Gasteiger partial charge in [-0.25, -0.2) is 26.0 Å². The summed E-state index contributed by atoms with van der Waals surface area (Å²) in [5.74, 6) is 0. The van der Waals surface area contributed by atoms with Crippen molar-refractivity contribution in [2.45, 2.75) is 37.3 Å². The van der Waals surface area contributed by atoms with Crippen LogP contribution in [0.2, 0.25) is 0 Å². The smallest absolute Gasteiger partial charge is 0.240 e. The van der Waals surface area contributed by atoms with Gasteiger partial charge in [0.15, 0.2) is 0 Å². The summed E-state index contributed by atoms with van der Waals surface area (Å²) in [4.78, 5) is 0. The second-order valence-electron chi connectivity index (χ2n) is 4.65. The number of hydrogen-bond acceptors (Lipinski definition) is 4. The standard InChI is InChI=1S/C8H15N2.C2HF6NO4S2/c1-3-4-5-10-7-6-9(2)8-10;3-1(4,5)14(10,11)9-15(12,13)2(6,7)8/h6-8H,3-5H2,1-2H3;9H/q+1;. The van der Waals surface area contributed by atoms with Gasteiger partial charge in [0.1, 0.15) is 12.4 Å². The number of aryl methyl sites for hydroxylation is 2. The summed E-state index contributed by atoms with van der Waals surface area (Å²) in [5.41, 5.74) is -12.3. The Kier molecular flexibility index (Phi) is 7.90. The quantitative estimate of drug-likeness (QED) is 0.576. The molecule has 7 nitrogen and oxygen atoms in total. The second kappa shape index (κ2) is 8.35. The van der Waals surface area contributed by atoms with Gasteiger partial charge in [-0.15, -0.1) is 0 Å². The van der Waals surface area contributed by atoms with Gasteiger partial charge >= 0.3 is 31.1 Å². The van der Waals surface area contributed by atoms with Crippen LogP contribution in [0.4, 0.5) is 26.3 Å². The molecule has 0 fully saturated rings. The van der Waals surface area contributed by atoms with E-state index in [1.807, 2.05) is 7.05 Å². The van der Waals surface area contributed by atoms with E-state index in [-0.39, 0.29) is 0 Å². The summed E-state index contributed by atoms with van der Waals surface area (Å²) < 4.78 is 113. The number of imidazole rings is 1. The minimum Gasteiger partial charge on any atom is -0.240 e. The molecule has 148 valence electrons. The fraction of sp³-hybridized carbons (Fsp3) is 0.700. The predicted octanol–water partition coefficient (Wildman–Crippen LogP) is 1.39. The monoisotopic (exact) mass is 420 g/mol. The normalized spacial score (nSPS) is 13.3. The number of nitrogens with one attached hydrogen (secondary N) is 1. The number of halogens is 6. The molecule has 1 N–H and O–H groups in total. The summed E-state index contributed by atoms with van der Waals surface area (Å²) >= 11 is 0. The summed E-state index contributed by atoms with van der Waals surface area (Å²) in [6, 6.07) is 0. The van der Waals surface area contributed by atoms with Gasteiger partial charge in [0, 0.05) is 0 Å². The Bertz CT molecular complexity index is 710. The van der Waals surface area contributed by atoms with Crippen LogP contribution in [0.1, 0.15) is 19.8 Å². The van der Waals surface area contributed by atoms with E-state index < -0.39 is 35.2 Å². The van der Waals surface area contributed by atoms with E-state index in [2.05, 4.69) is 34.8 Å². The number of sulfonamides is 2. The van der Waals surface area contributed by atoms with Crippen molar-refractivity contribution in [2.75, 3.05) is 0 Å². The maximum absolute atomic E-state index is 11.5. The van der Waals surface area contributed by atoms with Gasteiger partial charge in [-0.2, -0.15) is 26.3 Å². The van der Waals surface area contributed by atoms with E-state index >= 15 is 0 Å². The molecule has 0 unspecified atom stereocenters. The lowest BCUT2D eigenvalue weighted by molar-refractivity contribution is -0.671. The Morgan fingerprint density at radius 1 is 1.00 bits per heavy atom. The van der Waals surface area contributed by atoms with E-state index in [1.165, 1.54) is 12.8 Å². The lowest BCUT2D eigenvalue weighted by atomic mass is 10.3. The number of alkyl halides is 6. The third-order valence-corrected chi connectivity index (χ3v) is 5.40. The van der Waals surface area contributed by atoms with E-state index in [4.69, 9.17) is 0 Å². The lowest BCUT2D eigenvalue weighted by Crippen LogP contribution is -2.45. The van der Waals surface area contributed by atoms with Crippen LogP contribution in [-0.4, -0.2) is 32.4 Å². The molecule has 1 heterocycles.